The van der Waals surface area contributed by atoms with Gasteiger partial charge < -0.3 is 38.3 Å². The van der Waals surface area contributed by atoms with Crippen molar-refractivity contribution in [2.75, 3.05) is 26.4 Å². The molecule has 1 N–H and O–H groups in total. The molecule has 3 aliphatic rings. The van der Waals surface area contributed by atoms with Gasteiger partial charge in [0, 0.05) is 5.92 Å². The number of aliphatic hydroxyl groups is 1. The lowest BCUT2D eigenvalue weighted by atomic mass is 9.93. The van der Waals surface area contributed by atoms with Gasteiger partial charge in [-0.3, -0.25) is 0 Å². The molecule has 0 amide bonds. The average Bonchev–Trinajstić information content (AvgIpc) is 3.52. The molecular formula is C19H30O10. The van der Waals surface area contributed by atoms with Crippen LogP contribution in [0, 0.1) is 5.92 Å². The Labute approximate surface area is 169 Å². The molecule has 166 valence electrons. The Bertz CT molecular complexity index is 605. The van der Waals surface area contributed by atoms with E-state index in [9.17, 15) is 14.7 Å². The first kappa shape index (κ1) is 22.4. The summed E-state index contributed by atoms with van der Waals surface area (Å²) in [6.07, 6.45) is -3.32. The second-order valence-electron chi connectivity index (χ2n) is 8.54. The number of ether oxygens (including phenoxy) is 7. The fraction of sp³-hybridized carbons (Fsp3) is 0.895. The third-order valence-corrected chi connectivity index (χ3v) is 4.63. The highest BCUT2D eigenvalue weighted by Gasteiger charge is 2.52. The van der Waals surface area contributed by atoms with Crippen molar-refractivity contribution in [1.29, 1.82) is 0 Å². The Morgan fingerprint density at radius 3 is 2.17 bits per heavy atom. The summed E-state index contributed by atoms with van der Waals surface area (Å²) in [5, 5.41) is 10.1. The molecule has 3 saturated heterocycles. The van der Waals surface area contributed by atoms with Gasteiger partial charge in [0.05, 0.1) is 13.2 Å². The zero-order valence-corrected chi connectivity index (χ0v) is 17.4. The predicted octanol–water partition coefficient (Wildman–Crippen LogP) is 0.140. The quantitative estimate of drug-likeness (QED) is 0.297. The van der Waals surface area contributed by atoms with Crippen LogP contribution in [0.5, 0.6) is 0 Å². The molecule has 0 aromatic rings. The summed E-state index contributed by atoms with van der Waals surface area (Å²) in [5.74, 6) is -4.65. The molecule has 10 nitrogen and oxygen atoms in total. The van der Waals surface area contributed by atoms with Crippen LogP contribution in [0.1, 0.15) is 34.6 Å². The van der Waals surface area contributed by atoms with E-state index < -0.39 is 47.7 Å². The molecule has 3 aliphatic heterocycles. The van der Waals surface area contributed by atoms with Gasteiger partial charge in [-0.05, 0) is 27.7 Å². The largest absolute Gasteiger partial charge is 0.461 e. The Balaban J connectivity index is 1.71. The van der Waals surface area contributed by atoms with Gasteiger partial charge in [-0.1, -0.05) is 6.92 Å². The Morgan fingerprint density at radius 2 is 1.66 bits per heavy atom. The molecule has 0 aliphatic carbocycles. The summed E-state index contributed by atoms with van der Waals surface area (Å²) < 4.78 is 37.8. The lowest BCUT2D eigenvalue weighted by molar-refractivity contribution is -0.234. The first-order valence-electron chi connectivity index (χ1n) is 9.77. The van der Waals surface area contributed by atoms with Gasteiger partial charge >= 0.3 is 11.9 Å². The number of hydrogen-bond acceptors (Lipinski definition) is 10. The average molecular weight is 418 g/mol. The fourth-order valence-corrected chi connectivity index (χ4v) is 3.05. The minimum Gasteiger partial charge on any atom is -0.461 e. The molecule has 29 heavy (non-hydrogen) atoms. The van der Waals surface area contributed by atoms with Crippen molar-refractivity contribution >= 4 is 11.9 Å². The molecule has 0 aromatic heterocycles. The molecule has 0 spiro atoms. The summed E-state index contributed by atoms with van der Waals surface area (Å²) in [5.41, 5.74) is 0. The Hall–Kier alpha value is -1.30. The van der Waals surface area contributed by atoms with Crippen molar-refractivity contribution in [3.63, 3.8) is 0 Å². The highest BCUT2D eigenvalue weighted by molar-refractivity contribution is 5.77. The second kappa shape index (κ2) is 8.44. The van der Waals surface area contributed by atoms with Crippen LogP contribution in [0.15, 0.2) is 0 Å². The number of carbonyl (C=O) groups excluding carboxylic acids is 2. The van der Waals surface area contributed by atoms with E-state index in [1.54, 1.807) is 20.8 Å². The van der Waals surface area contributed by atoms with Gasteiger partial charge in [-0.2, -0.15) is 0 Å². The maximum Gasteiger partial charge on any atom is 0.338 e. The van der Waals surface area contributed by atoms with E-state index in [0.29, 0.717) is 13.2 Å². The smallest absolute Gasteiger partial charge is 0.338 e. The SMILES string of the molecule is C[C@H]([C@@H]1OC(C)(C)O[C@H]1C(=O)OCC1CO1)[C@H](OC(C)(C)O)C(=O)OCC1CO1. The number of hydrogen-bond donors (Lipinski definition) is 1. The molecule has 0 bridgehead atoms. The van der Waals surface area contributed by atoms with Crippen LogP contribution in [0.2, 0.25) is 0 Å². The number of epoxide rings is 2. The topological polar surface area (TPSA) is 126 Å². The van der Waals surface area contributed by atoms with Gasteiger partial charge in [0.25, 0.3) is 0 Å². The second-order valence-corrected chi connectivity index (χ2v) is 8.54. The number of esters is 2. The minimum atomic E-state index is -1.61. The van der Waals surface area contributed by atoms with Gasteiger partial charge in [0.1, 0.15) is 31.5 Å². The molecule has 0 saturated carbocycles. The van der Waals surface area contributed by atoms with Crippen LogP contribution >= 0.6 is 0 Å². The zero-order valence-electron chi connectivity index (χ0n) is 17.4. The summed E-state index contributed by atoms with van der Waals surface area (Å²) in [6, 6.07) is 0. The van der Waals surface area contributed by atoms with E-state index in [1.165, 1.54) is 13.8 Å². The summed E-state index contributed by atoms with van der Waals surface area (Å²) in [4.78, 5) is 25.2. The molecule has 0 radical (unpaired) electrons. The van der Waals surface area contributed by atoms with E-state index in [0.717, 1.165) is 0 Å². The molecule has 10 heteroatoms. The normalized spacial score (nSPS) is 32.3. The van der Waals surface area contributed by atoms with Crippen LogP contribution < -0.4 is 0 Å². The van der Waals surface area contributed by atoms with E-state index in [2.05, 4.69) is 0 Å². The maximum absolute atomic E-state index is 12.7. The molecule has 3 rings (SSSR count). The van der Waals surface area contributed by atoms with E-state index >= 15 is 0 Å². The van der Waals surface area contributed by atoms with Crippen LogP contribution in [-0.4, -0.2) is 85.6 Å². The van der Waals surface area contributed by atoms with Crippen LogP contribution in [-0.2, 0) is 42.7 Å². The number of carbonyl (C=O) groups is 2. The molecular weight excluding hydrogens is 388 g/mol. The van der Waals surface area contributed by atoms with Crippen molar-refractivity contribution in [3.8, 4) is 0 Å². The number of rotatable bonds is 10. The van der Waals surface area contributed by atoms with Crippen LogP contribution in [0.4, 0.5) is 0 Å². The summed E-state index contributed by atoms with van der Waals surface area (Å²) in [6.45, 7) is 9.13. The fourth-order valence-electron chi connectivity index (χ4n) is 3.05. The first-order valence-corrected chi connectivity index (χ1v) is 9.77. The van der Waals surface area contributed by atoms with Crippen molar-refractivity contribution in [2.45, 2.75) is 76.7 Å². The van der Waals surface area contributed by atoms with Crippen LogP contribution in [0.25, 0.3) is 0 Å². The van der Waals surface area contributed by atoms with Gasteiger partial charge in [-0.25, -0.2) is 9.59 Å². The molecule has 6 atom stereocenters. The van der Waals surface area contributed by atoms with Crippen LogP contribution in [0.3, 0.4) is 0 Å². The molecule has 0 aromatic carbocycles. The highest BCUT2D eigenvalue weighted by Crippen LogP contribution is 2.36. The zero-order chi connectivity index (χ0) is 21.4. The van der Waals surface area contributed by atoms with Gasteiger partial charge in [0.15, 0.2) is 23.8 Å². The van der Waals surface area contributed by atoms with E-state index in [-0.39, 0.29) is 25.4 Å². The van der Waals surface area contributed by atoms with Crippen molar-refractivity contribution in [1.82, 2.24) is 0 Å². The Morgan fingerprint density at radius 1 is 1.10 bits per heavy atom. The van der Waals surface area contributed by atoms with E-state index in [4.69, 9.17) is 33.2 Å². The molecule has 3 heterocycles. The summed E-state index contributed by atoms with van der Waals surface area (Å²) in [7, 11) is 0. The molecule has 3 fully saturated rings. The lowest BCUT2D eigenvalue weighted by Crippen LogP contribution is -2.48. The lowest BCUT2D eigenvalue weighted by Gasteiger charge is -2.32. The van der Waals surface area contributed by atoms with Crippen molar-refractivity contribution < 1.29 is 47.9 Å². The van der Waals surface area contributed by atoms with Crippen molar-refractivity contribution in [3.05, 3.63) is 0 Å². The minimum absolute atomic E-state index is 0.0870. The van der Waals surface area contributed by atoms with Crippen molar-refractivity contribution in [2.24, 2.45) is 5.92 Å². The predicted molar refractivity (Wildman–Crippen MR) is 95.6 cm³/mol. The Kier molecular flexibility index (Phi) is 6.52. The molecule has 2 unspecified atom stereocenters. The summed E-state index contributed by atoms with van der Waals surface area (Å²) >= 11 is 0. The third kappa shape index (κ3) is 6.59. The van der Waals surface area contributed by atoms with Gasteiger partial charge in [0.2, 0.25) is 0 Å². The van der Waals surface area contributed by atoms with Gasteiger partial charge in [-0.15, -0.1) is 0 Å². The van der Waals surface area contributed by atoms with E-state index in [1.807, 2.05) is 0 Å². The maximum atomic E-state index is 12.7. The highest BCUT2D eigenvalue weighted by atomic mass is 16.8. The first-order chi connectivity index (χ1) is 13.5. The standard InChI is InChI=1S/C19H30O10/c1-10(14(27-18(2,3)22)16(20)25-8-11-6-23-11)13-15(29-19(4,5)28-13)17(21)26-9-12-7-24-12/h10-15,22H,6-9H2,1-5H3/t10-,11?,12?,13+,14+,15-/m1/s1. The third-order valence-electron chi connectivity index (χ3n) is 4.63. The monoisotopic (exact) mass is 418 g/mol.